The standard InChI is InChI=1S/C28H26Cl6N4O2/c29-27(30,31)15-21-19-7-3-1-5-17(19)13-23(21)37-9-11-38(12-10-37,26(40)36-25(35)39)24-14-18-6-2-4-8-20(18)22(24)16-28(32,33)34/h1-8,13-14,21-22H,9-12,15-16H2,(H2-,35,36,39,40)/p+1. The monoisotopic (exact) mass is 661 g/mol. The number of fused-ring (bicyclic) bond motifs is 2. The Hall–Kier alpha value is -1.64. The predicted octanol–water partition coefficient (Wildman–Crippen LogP) is 7.70. The van der Waals surface area contributed by atoms with Crippen LogP contribution in [0.1, 0.15) is 46.9 Å². The Morgan fingerprint density at radius 1 is 0.825 bits per heavy atom. The van der Waals surface area contributed by atoms with Gasteiger partial charge >= 0.3 is 12.1 Å². The van der Waals surface area contributed by atoms with Gasteiger partial charge in [0, 0.05) is 30.5 Å². The number of urea groups is 2. The van der Waals surface area contributed by atoms with Crippen LogP contribution < -0.4 is 11.1 Å². The molecule has 3 aliphatic rings. The zero-order chi connectivity index (χ0) is 28.9. The van der Waals surface area contributed by atoms with E-state index in [1.165, 1.54) is 0 Å². The molecule has 3 N–H and O–H groups in total. The number of rotatable bonds is 4. The van der Waals surface area contributed by atoms with Crippen molar-refractivity contribution in [3.8, 4) is 0 Å². The van der Waals surface area contributed by atoms with Crippen molar-refractivity contribution < 1.29 is 14.1 Å². The molecule has 2 aromatic carbocycles. The van der Waals surface area contributed by atoms with Gasteiger partial charge in [-0.25, -0.2) is 19.4 Å². The molecule has 1 heterocycles. The average Bonchev–Trinajstić information content (AvgIpc) is 3.40. The molecular weight excluding hydrogens is 637 g/mol. The van der Waals surface area contributed by atoms with E-state index < -0.39 is 19.6 Å². The lowest BCUT2D eigenvalue weighted by atomic mass is 9.93. The lowest BCUT2D eigenvalue weighted by Crippen LogP contribution is -2.65. The van der Waals surface area contributed by atoms with Gasteiger partial charge in [0.1, 0.15) is 18.8 Å². The minimum absolute atomic E-state index is 0.116. The lowest BCUT2D eigenvalue weighted by molar-refractivity contribution is -0.818. The Morgan fingerprint density at radius 3 is 1.88 bits per heavy atom. The normalized spacial score (nSPS) is 21.8. The maximum absolute atomic E-state index is 13.8. The van der Waals surface area contributed by atoms with Crippen molar-refractivity contribution in [3.05, 3.63) is 82.2 Å². The number of halogens is 6. The number of allylic oxidation sites excluding steroid dienone is 2. The largest absolute Gasteiger partial charge is 0.429 e. The third-order valence-corrected chi connectivity index (χ3v) is 8.84. The minimum Gasteiger partial charge on any atom is -0.363 e. The van der Waals surface area contributed by atoms with Gasteiger partial charge in [-0.15, -0.1) is 0 Å². The number of primary amides is 1. The quantitative estimate of drug-likeness (QED) is 0.260. The van der Waals surface area contributed by atoms with Crippen LogP contribution in [0.4, 0.5) is 9.59 Å². The van der Waals surface area contributed by atoms with E-state index >= 15 is 0 Å². The number of nitrogens with zero attached hydrogens (tertiary/aromatic N) is 2. The second-order valence-electron chi connectivity index (χ2n) is 10.3. The number of carbonyl (C=O) groups excluding carboxylic acids is 2. The number of hydrogen-bond donors (Lipinski definition) is 2. The van der Waals surface area contributed by atoms with E-state index in [1.807, 2.05) is 54.6 Å². The third kappa shape index (κ3) is 6.10. The zero-order valence-corrected chi connectivity index (χ0v) is 25.8. The van der Waals surface area contributed by atoms with E-state index in [4.69, 9.17) is 75.3 Å². The maximum Gasteiger partial charge on any atom is 0.429 e. The van der Waals surface area contributed by atoms with Gasteiger partial charge in [0.25, 0.3) is 0 Å². The van der Waals surface area contributed by atoms with Crippen molar-refractivity contribution in [2.75, 3.05) is 26.2 Å². The number of carbonyl (C=O) groups is 2. The van der Waals surface area contributed by atoms with Crippen molar-refractivity contribution in [1.82, 2.24) is 10.2 Å². The summed E-state index contributed by atoms with van der Waals surface area (Å²) in [6, 6.07) is 14.4. The fourth-order valence-electron chi connectivity index (χ4n) is 6.24. The second-order valence-corrected chi connectivity index (χ2v) is 15.4. The summed E-state index contributed by atoms with van der Waals surface area (Å²) < 4.78 is -3.14. The molecule has 2 unspecified atom stereocenters. The first kappa shape index (κ1) is 29.8. The van der Waals surface area contributed by atoms with E-state index in [2.05, 4.69) is 16.3 Å². The highest BCUT2D eigenvalue weighted by atomic mass is 35.6. The number of hydrogen-bond acceptors (Lipinski definition) is 3. The second kappa shape index (κ2) is 11.2. The average molecular weight is 664 g/mol. The number of benzene rings is 2. The molecule has 1 aliphatic heterocycles. The first-order valence-electron chi connectivity index (χ1n) is 12.8. The molecule has 40 heavy (non-hydrogen) atoms. The summed E-state index contributed by atoms with van der Waals surface area (Å²) in [5.74, 6) is -0.462. The molecule has 0 bridgehead atoms. The molecule has 0 aromatic heterocycles. The van der Waals surface area contributed by atoms with E-state index in [0.717, 1.165) is 33.6 Å². The van der Waals surface area contributed by atoms with Crippen LogP contribution in [0.25, 0.3) is 12.2 Å². The van der Waals surface area contributed by atoms with Gasteiger partial charge in [0.2, 0.25) is 0 Å². The van der Waals surface area contributed by atoms with Crippen LogP contribution in [0.3, 0.4) is 0 Å². The molecular formula is C28H27Cl6N4O2+. The Kier molecular flexibility index (Phi) is 8.37. The summed E-state index contributed by atoms with van der Waals surface area (Å²) in [6.07, 6.45) is 4.57. The van der Waals surface area contributed by atoms with E-state index in [9.17, 15) is 9.59 Å². The zero-order valence-electron chi connectivity index (χ0n) is 21.2. The number of imide groups is 1. The van der Waals surface area contributed by atoms with Gasteiger partial charge < -0.3 is 10.6 Å². The summed E-state index contributed by atoms with van der Waals surface area (Å²) in [5, 5.41) is 2.33. The molecule has 0 spiro atoms. The Balaban J connectivity index is 1.49. The number of piperazine rings is 1. The Bertz CT molecular complexity index is 1390. The van der Waals surface area contributed by atoms with Gasteiger partial charge in [0.15, 0.2) is 7.59 Å². The Morgan fingerprint density at radius 2 is 1.32 bits per heavy atom. The van der Waals surface area contributed by atoms with Crippen LogP contribution in [0, 0.1) is 0 Å². The number of nitrogens with one attached hydrogen (secondary N) is 1. The molecule has 5 rings (SSSR count). The number of nitrogens with two attached hydrogens (primary N) is 1. The van der Waals surface area contributed by atoms with E-state index in [-0.39, 0.29) is 22.7 Å². The highest BCUT2D eigenvalue weighted by molar-refractivity contribution is 6.68. The lowest BCUT2D eigenvalue weighted by Gasteiger charge is -2.45. The molecule has 0 saturated carbocycles. The van der Waals surface area contributed by atoms with Crippen LogP contribution in [-0.4, -0.2) is 55.2 Å². The first-order chi connectivity index (χ1) is 18.8. The molecule has 2 aromatic rings. The highest BCUT2D eigenvalue weighted by Crippen LogP contribution is 2.51. The van der Waals surface area contributed by atoms with Crippen LogP contribution in [0.5, 0.6) is 0 Å². The molecule has 4 amide bonds. The number of amides is 4. The fourth-order valence-corrected chi connectivity index (χ4v) is 7.16. The minimum atomic E-state index is -1.56. The summed E-state index contributed by atoms with van der Waals surface area (Å²) in [7, 11) is 0. The summed E-state index contributed by atoms with van der Waals surface area (Å²) in [5.41, 5.74) is 11.3. The molecule has 1 fully saturated rings. The summed E-state index contributed by atoms with van der Waals surface area (Å²) >= 11 is 37.7. The molecule has 2 aliphatic carbocycles. The summed E-state index contributed by atoms with van der Waals surface area (Å²) in [6.45, 7) is 1.69. The van der Waals surface area contributed by atoms with Crippen molar-refractivity contribution in [1.29, 1.82) is 0 Å². The smallest absolute Gasteiger partial charge is 0.363 e. The topological polar surface area (TPSA) is 75.4 Å². The van der Waals surface area contributed by atoms with E-state index in [1.54, 1.807) is 0 Å². The van der Waals surface area contributed by atoms with Crippen LogP contribution in [0.2, 0.25) is 0 Å². The van der Waals surface area contributed by atoms with Gasteiger partial charge in [-0.05, 0) is 28.3 Å². The molecule has 12 heteroatoms. The maximum atomic E-state index is 13.8. The molecule has 212 valence electrons. The van der Waals surface area contributed by atoms with Crippen LogP contribution >= 0.6 is 69.6 Å². The number of quaternary nitrogens is 1. The highest BCUT2D eigenvalue weighted by Gasteiger charge is 2.51. The molecule has 0 radical (unpaired) electrons. The SMILES string of the molecule is NC(=O)NC(=O)[N+]1(C2=Cc3ccccc3C2CC(Cl)(Cl)Cl)CCN(C2=Cc3ccccc3C2CC(Cl)(Cl)Cl)CC1. The molecule has 2 atom stereocenters. The van der Waals surface area contributed by atoms with Crippen molar-refractivity contribution in [2.45, 2.75) is 32.3 Å². The third-order valence-electron chi connectivity index (χ3n) is 7.92. The van der Waals surface area contributed by atoms with Gasteiger partial charge in [-0.3, -0.25) is 0 Å². The predicted molar refractivity (Wildman–Crippen MR) is 164 cm³/mol. The van der Waals surface area contributed by atoms with Crippen molar-refractivity contribution in [3.63, 3.8) is 0 Å². The van der Waals surface area contributed by atoms with Gasteiger partial charge in [-0.2, -0.15) is 0 Å². The van der Waals surface area contributed by atoms with Gasteiger partial charge in [-0.1, -0.05) is 118 Å². The fraction of sp³-hybridized carbons (Fsp3) is 0.357. The molecule has 1 saturated heterocycles. The summed E-state index contributed by atoms with van der Waals surface area (Å²) in [4.78, 5) is 27.9. The van der Waals surface area contributed by atoms with Crippen molar-refractivity contribution >= 4 is 93.8 Å². The van der Waals surface area contributed by atoms with Crippen LogP contribution in [-0.2, 0) is 0 Å². The van der Waals surface area contributed by atoms with E-state index in [0.29, 0.717) is 32.6 Å². The molecule has 6 nitrogen and oxygen atoms in total. The number of alkyl halides is 6. The first-order valence-corrected chi connectivity index (χ1v) is 15.0. The Labute approximate surface area is 263 Å². The van der Waals surface area contributed by atoms with Crippen LogP contribution in [0.15, 0.2) is 59.9 Å². The van der Waals surface area contributed by atoms with Crippen molar-refractivity contribution in [2.24, 2.45) is 5.73 Å². The van der Waals surface area contributed by atoms with Gasteiger partial charge in [0.05, 0.1) is 19.0 Å².